The van der Waals surface area contributed by atoms with Crippen LogP contribution in [0.1, 0.15) is 21.9 Å². The smallest absolute Gasteiger partial charge is 0.298 e. The first-order chi connectivity index (χ1) is 13.8. The molecule has 2 aromatic carbocycles. The van der Waals surface area contributed by atoms with E-state index < -0.39 is 17.0 Å². The largest absolute Gasteiger partial charge is 0.416 e. The highest BCUT2D eigenvalue weighted by atomic mass is 35.5. The first kappa shape index (κ1) is 21.2. The number of aromatic nitrogens is 1. The summed E-state index contributed by atoms with van der Waals surface area (Å²) >= 11 is 7.17. The highest BCUT2D eigenvalue weighted by Gasteiger charge is 2.32. The molecule has 3 aromatic rings. The fourth-order valence-electron chi connectivity index (χ4n) is 2.75. The van der Waals surface area contributed by atoms with Crippen LogP contribution in [0.2, 0.25) is 5.02 Å². The van der Waals surface area contributed by atoms with Crippen molar-refractivity contribution in [2.24, 2.45) is 0 Å². The number of pyridine rings is 1. The molecule has 0 radical (unpaired) electrons. The highest BCUT2D eigenvalue weighted by molar-refractivity contribution is 8.00. The minimum absolute atomic E-state index is 0.0973. The number of Topliss-reactive ketones (excluding diaryl/α,β-unsaturated/α-hetero) is 1. The molecule has 0 saturated heterocycles. The summed E-state index contributed by atoms with van der Waals surface area (Å²) in [4.78, 5) is 13.1. The summed E-state index contributed by atoms with van der Waals surface area (Å²) in [7, 11) is 0. The Morgan fingerprint density at radius 2 is 1.76 bits per heavy atom. The van der Waals surface area contributed by atoms with Crippen molar-refractivity contribution in [2.75, 3.05) is 0 Å². The second-order valence-electron chi connectivity index (χ2n) is 6.24. The predicted octanol–water partition coefficient (Wildman–Crippen LogP) is 5.53. The van der Waals surface area contributed by atoms with Crippen molar-refractivity contribution >= 4 is 29.1 Å². The van der Waals surface area contributed by atoms with Gasteiger partial charge in [0.05, 0.1) is 10.8 Å². The van der Waals surface area contributed by atoms with Crippen molar-refractivity contribution < 1.29 is 27.9 Å². The lowest BCUT2D eigenvalue weighted by Crippen LogP contribution is -2.32. The number of benzene rings is 2. The SMILES string of the molecule is O=C(Cc1cc(C(F)(F)F)ccc1Cl)C(Sc1cccc[n+]1O)c1ccccc1. The van der Waals surface area contributed by atoms with Crippen LogP contribution in [0.5, 0.6) is 0 Å². The molecule has 0 bridgehead atoms. The van der Waals surface area contributed by atoms with Crippen LogP contribution in [0.25, 0.3) is 0 Å². The maximum atomic E-state index is 13.1. The molecule has 1 unspecified atom stereocenters. The maximum Gasteiger partial charge on any atom is 0.416 e. The Bertz CT molecular complexity index is 1010. The third-order valence-electron chi connectivity index (χ3n) is 4.17. The lowest BCUT2D eigenvalue weighted by molar-refractivity contribution is -0.932. The van der Waals surface area contributed by atoms with E-state index in [0.29, 0.717) is 10.6 Å². The molecule has 8 heteroatoms. The molecule has 0 aliphatic rings. The first-order valence-corrected chi connectivity index (χ1v) is 9.81. The van der Waals surface area contributed by atoms with E-state index in [0.717, 1.165) is 34.7 Å². The topological polar surface area (TPSA) is 41.2 Å². The van der Waals surface area contributed by atoms with Crippen molar-refractivity contribution in [2.45, 2.75) is 22.9 Å². The van der Waals surface area contributed by atoms with Crippen LogP contribution >= 0.6 is 23.4 Å². The van der Waals surface area contributed by atoms with Gasteiger partial charge in [0, 0.05) is 28.3 Å². The van der Waals surface area contributed by atoms with E-state index in [1.807, 2.05) is 0 Å². The molecule has 1 N–H and O–H groups in total. The van der Waals surface area contributed by atoms with Crippen molar-refractivity contribution in [1.29, 1.82) is 0 Å². The summed E-state index contributed by atoms with van der Waals surface area (Å²) in [6, 6.07) is 16.8. The van der Waals surface area contributed by atoms with Crippen molar-refractivity contribution in [3.63, 3.8) is 0 Å². The van der Waals surface area contributed by atoms with Crippen LogP contribution in [0, 0.1) is 0 Å². The number of hydrogen-bond acceptors (Lipinski definition) is 3. The number of alkyl halides is 3. The summed E-state index contributed by atoms with van der Waals surface area (Å²) in [6.45, 7) is 0. The van der Waals surface area contributed by atoms with Gasteiger partial charge in [-0.1, -0.05) is 41.9 Å². The zero-order valence-corrected chi connectivity index (χ0v) is 16.5. The van der Waals surface area contributed by atoms with Gasteiger partial charge in [-0.05, 0) is 47.2 Å². The lowest BCUT2D eigenvalue weighted by Gasteiger charge is -2.15. The average molecular weight is 439 g/mol. The maximum absolute atomic E-state index is 13.1. The lowest BCUT2D eigenvalue weighted by atomic mass is 10.0. The van der Waals surface area contributed by atoms with Gasteiger partial charge in [0.15, 0.2) is 5.78 Å². The molecule has 0 aliphatic carbocycles. The third-order valence-corrected chi connectivity index (χ3v) is 5.88. The molecule has 0 aliphatic heterocycles. The quantitative estimate of drug-likeness (QED) is 0.312. The van der Waals surface area contributed by atoms with Crippen LogP contribution in [-0.2, 0) is 17.4 Å². The van der Waals surface area contributed by atoms with E-state index in [1.54, 1.807) is 48.5 Å². The number of hydrogen-bond donors (Lipinski definition) is 1. The monoisotopic (exact) mass is 438 g/mol. The van der Waals surface area contributed by atoms with E-state index in [2.05, 4.69) is 0 Å². The Labute approximate surface area is 174 Å². The highest BCUT2D eigenvalue weighted by Crippen LogP contribution is 2.37. The zero-order valence-electron chi connectivity index (χ0n) is 14.9. The molecule has 1 heterocycles. The molecule has 0 amide bonds. The average Bonchev–Trinajstić information content (AvgIpc) is 2.68. The minimum atomic E-state index is -4.53. The van der Waals surface area contributed by atoms with Crippen LogP contribution in [-0.4, -0.2) is 11.0 Å². The van der Waals surface area contributed by atoms with Gasteiger partial charge in [-0.2, -0.15) is 13.2 Å². The van der Waals surface area contributed by atoms with Gasteiger partial charge >= 0.3 is 6.18 Å². The molecule has 1 aromatic heterocycles. The number of ketones is 1. The van der Waals surface area contributed by atoms with Crippen LogP contribution in [0.3, 0.4) is 0 Å². The van der Waals surface area contributed by atoms with Gasteiger partial charge in [-0.25, -0.2) is 0 Å². The number of thioether (sulfide) groups is 1. The van der Waals surface area contributed by atoms with Crippen LogP contribution in [0.4, 0.5) is 13.2 Å². The van der Waals surface area contributed by atoms with E-state index in [9.17, 15) is 23.2 Å². The van der Waals surface area contributed by atoms with Crippen molar-refractivity contribution in [3.8, 4) is 0 Å². The summed E-state index contributed by atoms with van der Waals surface area (Å²) in [5.74, 6) is -0.328. The third kappa shape index (κ3) is 5.31. The summed E-state index contributed by atoms with van der Waals surface area (Å²) in [5, 5.41) is 9.77. The van der Waals surface area contributed by atoms with Gasteiger partial charge < -0.3 is 0 Å². The van der Waals surface area contributed by atoms with Gasteiger partial charge in [-0.15, -0.1) is 0 Å². The number of carbonyl (C=O) groups excluding carboxylic acids is 1. The Morgan fingerprint density at radius 1 is 1.07 bits per heavy atom. The fraction of sp³-hybridized carbons (Fsp3) is 0.143. The number of nitrogens with zero attached hydrogens (tertiary/aromatic N) is 1. The molecule has 3 nitrogen and oxygen atoms in total. The number of rotatable bonds is 6. The molecule has 150 valence electrons. The summed E-state index contributed by atoms with van der Waals surface area (Å²) in [5.41, 5.74) is -0.0720. The Morgan fingerprint density at radius 3 is 2.41 bits per heavy atom. The van der Waals surface area contributed by atoms with Gasteiger partial charge in [-0.3, -0.25) is 10.0 Å². The minimum Gasteiger partial charge on any atom is -0.298 e. The molecule has 3 rings (SSSR count). The summed E-state index contributed by atoms with van der Waals surface area (Å²) < 4.78 is 40.0. The Kier molecular flexibility index (Phi) is 6.49. The van der Waals surface area contributed by atoms with Gasteiger partial charge in [0.25, 0.3) is 5.03 Å². The molecule has 0 fully saturated rings. The zero-order chi connectivity index (χ0) is 21.0. The molecule has 29 heavy (non-hydrogen) atoms. The predicted molar refractivity (Wildman–Crippen MR) is 104 cm³/mol. The van der Waals surface area contributed by atoms with E-state index in [4.69, 9.17) is 11.6 Å². The second kappa shape index (κ2) is 8.88. The standard InChI is InChI=1S/C21H16ClF3NO2S/c22-17-10-9-16(21(23,24)25)12-15(17)13-18(27)20(14-6-2-1-3-7-14)29-19-8-4-5-11-26(19)28/h1-12,20,28H,13H2/q+1. The fourth-order valence-corrected chi connectivity index (χ4v) is 4.01. The van der Waals surface area contributed by atoms with Crippen molar-refractivity contribution in [3.05, 3.63) is 94.6 Å². The Hall–Kier alpha value is -2.51. The van der Waals surface area contributed by atoms with E-state index in [1.165, 1.54) is 6.20 Å². The van der Waals surface area contributed by atoms with Gasteiger partial charge in [0.2, 0.25) is 6.20 Å². The normalized spacial score (nSPS) is 12.6. The van der Waals surface area contributed by atoms with E-state index in [-0.39, 0.29) is 22.8 Å². The molecule has 0 spiro atoms. The van der Waals surface area contributed by atoms with Crippen molar-refractivity contribution in [1.82, 2.24) is 0 Å². The second-order valence-corrected chi connectivity index (χ2v) is 7.77. The van der Waals surface area contributed by atoms with E-state index >= 15 is 0 Å². The number of halogens is 4. The first-order valence-electron chi connectivity index (χ1n) is 8.55. The van der Waals surface area contributed by atoms with Gasteiger partial charge in [0.1, 0.15) is 0 Å². The number of carbonyl (C=O) groups is 1. The van der Waals surface area contributed by atoms with Crippen LogP contribution in [0.15, 0.2) is 78.0 Å². The molecule has 0 saturated carbocycles. The molecular weight excluding hydrogens is 423 g/mol. The van der Waals surface area contributed by atoms with Crippen LogP contribution < -0.4 is 4.73 Å². The molecule has 1 atom stereocenters. The summed E-state index contributed by atoms with van der Waals surface area (Å²) in [6.07, 6.45) is -3.37. The molecular formula is C21H16ClF3NO2S+. The Balaban J connectivity index is 1.93.